The van der Waals surface area contributed by atoms with E-state index in [9.17, 15) is 9.18 Å². The molecule has 1 heterocycles. The number of hydrogen-bond acceptors (Lipinski definition) is 2. The van der Waals surface area contributed by atoms with Crippen LogP contribution < -0.4 is 10.6 Å². The Morgan fingerprint density at radius 1 is 1.50 bits per heavy atom. The number of amides is 1. The molecular weight excluding hydrogens is 231 g/mol. The highest BCUT2D eigenvalue weighted by Crippen LogP contribution is 2.14. The number of aryl methyl sites for hydroxylation is 1. The highest BCUT2D eigenvalue weighted by atomic mass is 19.1. The molecule has 1 aliphatic rings. The number of rotatable bonds is 2. The number of benzene rings is 1. The first-order valence-corrected chi connectivity index (χ1v) is 6.35. The predicted octanol–water partition coefficient (Wildman–Crippen LogP) is 1.86. The topological polar surface area (TPSA) is 41.1 Å². The van der Waals surface area contributed by atoms with Gasteiger partial charge in [0, 0.05) is 6.04 Å². The number of halogens is 1. The highest BCUT2D eigenvalue weighted by Gasteiger charge is 2.24. The van der Waals surface area contributed by atoms with Gasteiger partial charge in [-0.3, -0.25) is 4.79 Å². The van der Waals surface area contributed by atoms with Crippen LogP contribution in [0.4, 0.5) is 4.39 Å². The Bertz CT molecular complexity index is 447. The smallest absolute Gasteiger partial charge is 0.254 e. The van der Waals surface area contributed by atoms with Crippen LogP contribution in [0.15, 0.2) is 18.2 Å². The molecule has 0 aliphatic carbocycles. The molecule has 2 N–H and O–H groups in total. The summed E-state index contributed by atoms with van der Waals surface area (Å²) < 4.78 is 13.6. The molecule has 1 aliphatic heterocycles. The predicted molar refractivity (Wildman–Crippen MR) is 69.0 cm³/mol. The largest absolute Gasteiger partial charge is 0.349 e. The van der Waals surface area contributed by atoms with Crippen LogP contribution in [0.1, 0.15) is 29.3 Å². The molecule has 2 atom stereocenters. The molecule has 4 heteroatoms. The van der Waals surface area contributed by atoms with Crippen LogP contribution in [0.3, 0.4) is 0 Å². The maximum atomic E-state index is 13.6. The summed E-state index contributed by atoms with van der Waals surface area (Å²) >= 11 is 0. The van der Waals surface area contributed by atoms with Gasteiger partial charge in [-0.1, -0.05) is 18.6 Å². The Hall–Kier alpha value is -1.42. The highest BCUT2D eigenvalue weighted by molar-refractivity contribution is 5.94. The molecule has 3 nitrogen and oxygen atoms in total. The fourth-order valence-corrected chi connectivity index (χ4v) is 2.29. The zero-order valence-electron chi connectivity index (χ0n) is 10.8. The van der Waals surface area contributed by atoms with Crippen LogP contribution in [0.5, 0.6) is 0 Å². The summed E-state index contributed by atoms with van der Waals surface area (Å²) in [4.78, 5) is 12.1. The van der Waals surface area contributed by atoms with Gasteiger partial charge in [0.25, 0.3) is 5.91 Å². The summed E-state index contributed by atoms with van der Waals surface area (Å²) in [5.74, 6) is -0.398. The summed E-state index contributed by atoms with van der Waals surface area (Å²) in [5, 5.41) is 6.21. The van der Waals surface area contributed by atoms with E-state index in [0.29, 0.717) is 5.92 Å². The van der Waals surface area contributed by atoms with Crippen LogP contribution in [0.25, 0.3) is 0 Å². The van der Waals surface area contributed by atoms with E-state index < -0.39 is 5.82 Å². The van der Waals surface area contributed by atoms with Crippen molar-refractivity contribution in [1.29, 1.82) is 0 Å². The van der Waals surface area contributed by atoms with Gasteiger partial charge in [-0.2, -0.15) is 0 Å². The third-order valence-corrected chi connectivity index (χ3v) is 3.47. The first-order valence-electron chi connectivity index (χ1n) is 6.35. The molecule has 0 unspecified atom stereocenters. The van der Waals surface area contributed by atoms with Crippen molar-refractivity contribution in [3.05, 3.63) is 35.1 Å². The first kappa shape index (κ1) is 13.0. The van der Waals surface area contributed by atoms with Gasteiger partial charge in [-0.25, -0.2) is 4.39 Å². The Morgan fingerprint density at radius 2 is 2.28 bits per heavy atom. The van der Waals surface area contributed by atoms with Gasteiger partial charge >= 0.3 is 0 Å². The molecule has 98 valence electrons. The zero-order valence-corrected chi connectivity index (χ0v) is 10.8. The summed E-state index contributed by atoms with van der Waals surface area (Å²) in [7, 11) is 0. The lowest BCUT2D eigenvalue weighted by Crippen LogP contribution is -2.48. The lowest BCUT2D eigenvalue weighted by atomic mass is 9.95. The molecule has 0 bridgehead atoms. The molecule has 0 aromatic heterocycles. The Morgan fingerprint density at radius 3 is 3.00 bits per heavy atom. The van der Waals surface area contributed by atoms with Crippen LogP contribution >= 0.6 is 0 Å². The van der Waals surface area contributed by atoms with Crippen molar-refractivity contribution in [2.45, 2.75) is 26.3 Å². The number of carbonyl (C=O) groups is 1. The summed E-state index contributed by atoms with van der Waals surface area (Å²) in [6, 6.07) is 4.73. The van der Waals surface area contributed by atoms with Gasteiger partial charge in [0.05, 0.1) is 5.56 Å². The average Bonchev–Trinajstić information content (AvgIpc) is 2.35. The normalized spacial score (nSPS) is 23.7. The van der Waals surface area contributed by atoms with Crippen molar-refractivity contribution in [3.8, 4) is 0 Å². The van der Waals surface area contributed by atoms with E-state index in [4.69, 9.17) is 0 Å². The molecule has 1 amide bonds. The molecule has 0 radical (unpaired) electrons. The van der Waals surface area contributed by atoms with Gasteiger partial charge < -0.3 is 10.6 Å². The molecule has 2 rings (SSSR count). The van der Waals surface area contributed by atoms with Crippen molar-refractivity contribution in [2.24, 2.45) is 5.92 Å². The van der Waals surface area contributed by atoms with E-state index in [1.54, 1.807) is 12.1 Å². The fraction of sp³-hybridized carbons (Fsp3) is 0.500. The van der Waals surface area contributed by atoms with Crippen molar-refractivity contribution in [2.75, 3.05) is 13.1 Å². The summed E-state index contributed by atoms with van der Waals surface area (Å²) in [5.41, 5.74) is 1.03. The maximum absolute atomic E-state index is 13.6. The minimum atomic E-state index is -0.459. The Labute approximate surface area is 107 Å². The minimum Gasteiger partial charge on any atom is -0.349 e. The van der Waals surface area contributed by atoms with Crippen molar-refractivity contribution >= 4 is 5.91 Å². The molecule has 0 saturated carbocycles. The summed E-state index contributed by atoms with van der Waals surface area (Å²) in [6.45, 7) is 5.72. The van der Waals surface area contributed by atoms with Crippen LogP contribution in [0, 0.1) is 18.7 Å². The third kappa shape index (κ3) is 2.88. The van der Waals surface area contributed by atoms with Crippen LogP contribution in [-0.2, 0) is 0 Å². The molecule has 1 aromatic rings. The number of nitrogens with one attached hydrogen (secondary N) is 2. The van der Waals surface area contributed by atoms with Gasteiger partial charge in [-0.05, 0) is 44.5 Å². The third-order valence-electron chi connectivity index (χ3n) is 3.47. The van der Waals surface area contributed by atoms with Gasteiger partial charge in [0.1, 0.15) is 5.82 Å². The number of piperidine rings is 1. The van der Waals surface area contributed by atoms with Gasteiger partial charge in [0.2, 0.25) is 0 Å². The maximum Gasteiger partial charge on any atom is 0.254 e. The van der Waals surface area contributed by atoms with Gasteiger partial charge in [0.15, 0.2) is 0 Å². The summed E-state index contributed by atoms with van der Waals surface area (Å²) in [6.07, 6.45) is 0.889. The van der Waals surface area contributed by atoms with E-state index in [0.717, 1.165) is 25.1 Å². The second-order valence-electron chi connectivity index (χ2n) is 5.03. The zero-order chi connectivity index (χ0) is 13.1. The van der Waals surface area contributed by atoms with Crippen LogP contribution in [0.2, 0.25) is 0 Å². The number of carbonyl (C=O) groups excluding carboxylic acids is 1. The molecule has 18 heavy (non-hydrogen) atoms. The van der Waals surface area contributed by atoms with Gasteiger partial charge in [-0.15, -0.1) is 0 Å². The van der Waals surface area contributed by atoms with Crippen molar-refractivity contribution in [1.82, 2.24) is 10.6 Å². The Kier molecular flexibility index (Phi) is 3.97. The second-order valence-corrected chi connectivity index (χ2v) is 5.03. The number of hydrogen-bond donors (Lipinski definition) is 2. The quantitative estimate of drug-likeness (QED) is 0.841. The second kappa shape index (κ2) is 5.48. The monoisotopic (exact) mass is 250 g/mol. The fourth-order valence-electron chi connectivity index (χ4n) is 2.29. The lowest BCUT2D eigenvalue weighted by molar-refractivity contribution is 0.0910. The molecular formula is C14H19FN2O. The first-order chi connectivity index (χ1) is 8.58. The molecule has 1 fully saturated rings. The molecule has 1 saturated heterocycles. The van der Waals surface area contributed by atoms with E-state index in [2.05, 4.69) is 17.6 Å². The SMILES string of the molecule is Cc1ccc(F)c(C(=O)N[C@@H]2CCNC[C@@H]2C)c1. The molecule has 1 aromatic carbocycles. The van der Waals surface area contributed by atoms with Crippen LogP contribution in [-0.4, -0.2) is 25.0 Å². The van der Waals surface area contributed by atoms with E-state index in [1.807, 2.05) is 6.92 Å². The average molecular weight is 250 g/mol. The van der Waals surface area contributed by atoms with E-state index in [1.165, 1.54) is 6.07 Å². The van der Waals surface area contributed by atoms with E-state index >= 15 is 0 Å². The van der Waals surface area contributed by atoms with E-state index in [-0.39, 0.29) is 17.5 Å². The Balaban J connectivity index is 2.09. The lowest BCUT2D eigenvalue weighted by Gasteiger charge is -2.30. The van der Waals surface area contributed by atoms with Crippen molar-refractivity contribution < 1.29 is 9.18 Å². The van der Waals surface area contributed by atoms with Crippen molar-refractivity contribution in [3.63, 3.8) is 0 Å². The standard InChI is InChI=1S/C14H19FN2O/c1-9-3-4-12(15)11(7-9)14(18)17-13-5-6-16-8-10(13)2/h3-4,7,10,13,16H,5-6,8H2,1-2H3,(H,17,18)/t10-,13+/m0/s1. The molecule has 0 spiro atoms. The minimum absolute atomic E-state index is 0.124.